The van der Waals surface area contributed by atoms with Crippen LogP contribution >= 0.6 is 0 Å². The predicted octanol–water partition coefficient (Wildman–Crippen LogP) is 3.98. The summed E-state index contributed by atoms with van der Waals surface area (Å²) in [7, 11) is 1.67. The number of hydrogen-bond donors (Lipinski definition) is 0. The summed E-state index contributed by atoms with van der Waals surface area (Å²) in [6.45, 7) is 2.08. The Morgan fingerprint density at radius 2 is 1.95 bits per heavy atom. The van der Waals surface area contributed by atoms with E-state index in [1.54, 1.807) is 19.2 Å². The molecule has 22 heavy (non-hydrogen) atoms. The normalized spacial score (nSPS) is 11.3. The number of nitrogens with zero attached hydrogens (tertiary/aromatic N) is 2. The van der Waals surface area contributed by atoms with E-state index >= 15 is 0 Å². The average molecular weight is 290 g/mol. The number of aryl methyl sites for hydroxylation is 1. The average Bonchev–Trinajstić information content (AvgIpc) is 2.59. The van der Waals surface area contributed by atoms with E-state index < -0.39 is 0 Å². The summed E-state index contributed by atoms with van der Waals surface area (Å²) in [4.78, 5) is 0. The van der Waals surface area contributed by atoms with Gasteiger partial charge in [-0.1, -0.05) is 31.2 Å². The Morgan fingerprint density at radius 3 is 2.59 bits per heavy atom. The zero-order valence-electron chi connectivity index (χ0n) is 12.8. The van der Waals surface area contributed by atoms with E-state index in [4.69, 9.17) is 10.00 Å². The second-order valence-corrected chi connectivity index (χ2v) is 5.12. The van der Waals surface area contributed by atoms with Crippen molar-refractivity contribution in [1.82, 2.24) is 0 Å². The molecule has 110 valence electrons. The molecule has 1 atom stereocenters. The van der Waals surface area contributed by atoms with Crippen molar-refractivity contribution < 1.29 is 4.74 Å². The quantitative estimate of drug-likeness (QED) is 0.837. The molecule has 2 rings (SSSR count). The maximum Gasteiger partial charge on any atom is 0.122 e. The van der Waals surface area contributed by atoms with Crippen molar-refractivity contribution in [3.63, 3.8) is 0 Å². The van der Waals surface area contributed by atoms with Crippen molar-refractivity contribution in [3.8, 4) is 17.9 Å². The monoisotopic (exact) mass is 290 g/mol. The van der Waals surface area contributed by atoms with Crippen molar-refractivity contribution in [2.24, 2.45) is 0 Å². The first-order chi connectivity index (χ1) is 10.7. The van der Waals surface area contributed by atoms with Crippen molar-refractivity contribution in [2.75, 3.05) is 7.11 Å². The summed E-state index contributed by atoms with van der Waals surface area (Å²) in [6, 6.07) is 17.8. The summed E-state index contributed by atoms with van der Waals surface area (Å²) in [5, 5.41) is 18.5. The molecule has 0 aromatic heterocycles. The molecule has 3 heteroatoms. The van der Waals surface area contributed by atoms with Crippen molar-refractivity contribution in [2.45, 2.75) is 25.7 Å². The van der Waals surface area contributed by atoms with Gasteiger partial charge in [0.15, 0.2) is 0 Å². The molecule has 1 unspecified atom stereocenters. The van der Waals surface area contributed by atoms with Crippen LogP contribution < -0.4 is 4.74 Å². The highest BCUT2D eigenvalue weighted by Crippen LogP contribution is 2.25. The van der Waals surface area contributed by atoms with Gasteiger partial charge in [-0.3, -0.25) is 0 Å². The highest BCUT2D eigenvalue weighted by Gasteiger charge is 2.13. The largest absolute Gasteiger partial charge is 0.496 e. The molecular formula is C19H18N2O. The van der Waals surface area contributed by atoms with Crippen LogP contribution in [0.4, 0.5) is 0 Å². The lowest BCUT2D eigenvalue weighted by molar-refractivity contribution is 0.410. The first kappa shape index (κ1) is 15.6. The minimum absolute atomic E-state index is 0.258. The van der Waals surface area contributed by atoms with Gasteiger partial charge < -0.3 is 4.74 Å². The van der Waals surface area contributed by atoms with Crippen LogP contribution in [0.5, 0.6) is 5.75 Å². The molecule has 0 saturated heterocycles. The smallest absolute Gasteiger partial charge is 0.122 e. The van der Waals surface area contributed by atoms with E-state index in [9.17, 15) is 5.26 Å². The van der Waals surface area contributed by atoms with Crippen LogP contribution in [0.15, 0.2) is 42.5 Å². The zero-order chi connectivity index (χ0) is 15.9. The molecule has 2 aromatic carbocycles. The van der Waals surface area contributed by atoms with Crippen LogP contribution in [-0.4, -0.2) is 7.11 Å². The molecule has 0 aliphatic heterocycles. The van der Waals surface area contributed by atoms with Crippen LogP contribution in [0.3, 0.4) is 0 Å². The highest BCUT2D eigenvalue weighted by atomic mass is 16.5. The third-order valence-electron chi connectivity index (χ3n) is 3.74. The van der Waals surface area contributed by atoms with E-state index in [-0.39, 0.29) is 5.92 Å². The van der Waals surface area contributed by atoms with Gasteiger partial charge in [0, 0.05) is 0 Å². The van der Waals surface area contributed by atoms with Crippen molar-refractivity contribution >= 4 is 0 Å². The minimum Gasteiger partial charge on any atom is -0.496 e. The number of benzene rings is 2. The van der Waals surface area contributed by atoms with Crippen LogP contribution in [-0.2, 0) is 12.8 Å². The summed E-state index contributed by atoms with van der Waals surface area (Å²) >= 11 is 0. The minimum atomic E-state index is -0.258. The number of ether oxygens (including phenoxy) is 1. The summed E-state index contributed by atoms with van der Waals surface area (Å²) in [5.41, 5.74) is 3.71. The van der Waals surface area contributed by atoms with Crippen molar-refractivity contribution in [1.29, 1.82) is 10.5 Å². The number of rotatable bonds is 5. The number of methoxy groups -OCH3 is 1. The number of hydrogen-bond acceptors (Lipinski definition) is 3. The van der Waals surface area contributed by atoms with Gasteiger partial charge in [-0.25, -0.2) is 0 Å². The van der Waals surface area contributed by atoms with Gasteiger partial charge in [-0.2, -0.15) is 10.5 Å². The molecule has 0 heterocycles. The molecule has 0 N–H and O–H groups in total. The second kappa shape index (κ2) is 7.29. The van der Waals surface area contributed by atoms with Gasteiger partial charge in [0.25, 0.3) is 0 Å². The highest BCUT2D eigenvalue weighted by molar-refractivity contribution is 5.40. The maximum atomic E-state index is 9.47. The Morgan fingerprint density at radius 1 is 1.14 bits per heavy atom. The lowest BCUT2D eigenvalue weighted by Crippen LogP contribution is -2.02. The second-order valence-electron chi connectivity index (χ2n) is 5.12. The van der Waals surface area contributed by atoms with Gasteiger partial charge >= 0.3 is 0 Å². The molecule has 0 aliphatic carbocycles. The molecule has 0 aliphatic rings. The van der Waals surface area contributed by atoms with Gasteiger partial charge in [-0.05, 0) is 47.7 Å². The fourth-order valence-corrected chi connectivity index (χ4v) is 2.53. The molecule has 2 aromatic rings. The first-order valence-corrected chi connectivity index (χ1v) is 7.27. The summed E-state index contributed by atoms with van der Waals surface area (Å²) in [5.74, 6) is 0.623. The lowest BCUT2D eigenvalue weighted by atomic mass is 9.91. The Labute approximate surface area is 131 Å². The third kappa shape index (κ3) is 3.45. The van der Waals surface area contributed by atoms with E-state index in [1.807, 2.05) is 24.3 Å². The SMILES string of the molecule is CCc1cc(CC(C#N)c2cccc(C#N)c2)ccc1OC. The number of nitriles is 2. The Hall–Kier alpha value is -2.78. The van der Waals surface area contributed by atoms with E-state index in [2.05, 4.69) is 25.1 Å². The van der Waals surface area contributed by atoms with Gasteiger partial charge in [0.05, 0.1) is 30.7 Å². The van der Waals surface area contributed by atoms with Crippen LogP contribution in [0.1, 0.15) is 35.1 Å². The summed E-state index contributed by atoms with van der Waals surface area (Å²) < 4.78 is 5.34. The van der Waals surface area contributed by atoms with Crippen LogP contribution in [0, 0.1) is 22.7 Å². The van der Waals surface area contributed by atoms with E-state index in [0.29, 0.717) is 12.0 Å². The van der Waals surface area contributed by atoms with Gasteiger partial charge in [0.1, 0.15) is 5.75 Å². The fourth-order valence-electron chi connectivity index (χ4n) is 2.53. The van der Waals surface area contributed by atoms with E-state index in [0.717, 1.165) is 28.9 Å². The standard InChI is InChI=1S/C19H18N2O/c1-3-16-9-14(7-8-19(16)22-2)10-18(13-21)17-6-4-5-15(11-17)12-20/h4-9,11,18H,3,10H2,1-2H3. The van der Waals surface area contributed by atoms with Gasteiger partial charge in [-0.15, -0.1) is 0 Å². The van der Waals surface area contributed by atoms with E-state index in [1.165, 1.54) is 0 Å². The third-order valence-corrected chi connectivity index (χ3v) is 3.74. The Bertz CT molecular complexity index is 738. The summed E-state index contributed by atoms with van der Waals surface area (Å²) in [6.07, 6.45) is 1.51. The molecule has 0 bridgehead atoms. The fraction of sp³-hybridized carbons (Fsp3) is 0.263. The molecule has 0 fully saturated rings. The Kier molecular flexibility index (Phi) is 5.17. The molecule has 0 amide bonds. The molecular weight excluding hydrogens is 272 g/mol. The topological polar surface area (TPSA) is 56.8 Å². The zero-order valence-corrected chi connectivity index (χ0v) is 12.8. The Balaban J connectivity index is 2.27. The molecule has 0 saturated carbocycles. The first-order valence-electron chi connectivity index (χ1n) is 7.27. The van der Waals surface area contributed by atoms with Crippen LogP contribution in [0.25, 0.3) is 0 Å². The van der Waals surface area contributed by atoms with Gasteiger partial charge in [0.2, 0.25) is 0 Å². The maximum absolute atomic E-state index is 9.47. The lowest BCUT2D eigenvalue weighted by Gasteiger charge is -2.13. The molecule has 0 radical (unpaired) electrons. The van der Waals surface area contributed by atoms with Crippen molar-refractivity contribution in [3.05, 3.63) is 64.7 Å². The molecule has 3 nitrogen and oxygen atoms in total. The molecule has 0 spiro atoms. The predicted molar refractivity (Wildman–Crippen MR) is 85.6 cm³/mol. The van der Waals surface area contributed by atoms with Crippen LogP contribution in [0.2, 0.25) is 0 Å².